The van der Waals surface area contributed by atoms with Crippen molar-refractivity contribution in [1.82, 2.24) is 10.2 Å². The molecule has 0 unspecified atom stereocenters. The van der Waals surface area contributed by atoms with Gasteiger partial charge in [-0.25, -0.2) is 8.42 Å². The van der Waals surface area contributed by atoms with Gasteiger partial charge in [-0.15, -0.1) is 0 Å². The Morgan fingerprint density at radius 3 is 2.78 bits per heavy atom. The van der Waals surface area contributed by atoms with Crippen molar-refractivity contribution >= 4 is 21.7 Å². The Kier molecular flexibility index (Phi) is 6.02. The summed E-state index contributed by atoms with van der Waals surface area (Å²) in [4.78, 5) is 25.8. The van der Waals surface area contributed by atoms with E-state index >= 15 is 0 Å². The second kappa shape index (κ2) is 7.61. The van der Waals surface area contributed by atoms with Gasteiger partial charge in [-0.05, 0) is 26.7 Å². The Bertz CT molecular complexity index is 546. The molecule has 2 rings (SSSR count). The summed E-state index contributed by atoms with van der Waals surface area (Å²) in [6, 6.07) is -0.259. The predicted molar refractivity (Wildman–Crippen MR) is 85.6 cm³/mol. The monoisotopic (exact) mass is 346 g/mol. The summed E-state index contributed by atoms with van der Waals surface area (Å²) in [6.07, 6.45) is 1.56. The van der Waals surface area contributed by atoms with E-state index in [4.69, 9.17) is 4.74 Å². The van der Waals surface area contributed by atoms with Crippen LogP contribution in [0.1, 0.15) is 33.1 Å². The van der Waals surface area contributed by atoms with Gasteiger partial charge in [0.25, 0.3) is 0 Å². The maximum Gasteiger partial charge on any atom is 0.225 e. The molecule has 2 heterocycles. The van der Waals surface area contributed by atoms with Crippen LogP contribution in [0.25, 0.3) is 0 Å². The lowest BCUT2D eigenvalue weighted by molar-refractivity contribution is -0.130. The molecule has 0 radical (unpaired) electrons. The van der Waals surface area contributed by atoms with Crippen molar-refractivity contribution in [2.24, 2.45) is 5.92 Å². The number of carbonyl (C=O) groups excluding carboxylic acids is 2. The largest absolute Gasteiger partial charge is 0.379 e. The molecule has 0 saturated carbocycles. The van der Waals surface area contributed by atoms with E-state index in [-0.39, 0.29) is 47.8 Å². The lowest BCUT2D eigenvalue weighted by atomic mass is 10.1. The topological polar surface area (TPSA) is 92.8 Å². The van der Waals surface area contributed by atoms with Crippen LogP contribution in [-0.2, 0) is 24.2 Å². The van der Waals surface area contributed by atoms with Crippen molar-refractivity contribution in [2.75, 3.05) is 31.2 Å². The number of hydrogen-bond donors (Lipinski definition) is 1. The zero-order valence-corrected chi connectivity index (χ0v) is 14.6. The molecular formula is C15H26N2O5S. The molecule has 2 aliphatic heterocycles. The van der Waals surface area contributed by atoms with Crippen LogP contribution in [0.4, 0.5) is 0 Å². The van der Waals surface area contributed by atoms with Crippen LogP contribution in [0.2, 0.25) is 0 Å². The first-order chi connectivity index (χ1) is 10.8. The first kappa shape index (κ1) is 18.2. The normalized spacial score (nSPS) is 26.9. The number of rotatable bonds is 7. The molecule has 132 valence electrons. The molecule has 0 aliphatic carbocycles. The second-order valence-electron chi connectivity index (χ2n) is 6.57. The summed E-state index contributed by atoms with van der Waals surface area (Å²) in [6.45, 7) is 5.36. The molecule has 23 heavy (non-hydrogen) atoms. The van der Waals surface area contributed by atoms with Gasteiger partial charge in [0.15, 0.2) is 9.84 Å². The molecule has 0 aromatic rings. The van der Waals surface area contributed by atoms with E-state index in [9.17, 15) is 18.0 Å². The number of likely N-dealkylation sites (tertiary alicyclic amines) is 1. The van der Waals surface area contributed by atoms with E-state index in [2.05, 4.69) is 5.32 Å². The first-order valence-corrected chi connectivity index (χ1v) is 10.00. The summed E-state index contributed by atoms with van der Waals surface area (Å²) in [5.74, 6) is -0.466. The van der Waals surface area contributed by atoms with Crippen molar-refractivity contribution in [3.05, 3.63) is 0 Å². The number of amides is 2. The molecule has 2 aliphatic rings. The van der Waals surface area contributed by atoms with E-state index in [0.717, 1.165) is 6.42 Å². The number of nitrogens with zero attached hydrogens (tertiary/aromatic N) is 1. The molecule has 2 saturated heterocycles. The quantitative estimate of drug-likeness (QED) is 0.653. The Labute approximate surface area is 137 Å². The number of sulfone groups is 1. The average molecular weight is 346 g/mol. The summed E-state index contributed by atoms with van der Waals surface area (Å²) < 4.78 is 28.5. The third kappa shape index (κ3) is 5.17. The van der Waals surface area contributed by atoms with Crippen LogP contribution in [0.3, 0.4) is 0 Å². The highest BCUT2D eigenvalue weighted by molar-refractivity contribution is 7.91. The van der Waals surface area contributed by atoms with Crippen molar-refractivity contribution < 1.29 is 22.7 Å². The average Bonchev–Trinajstić information content (AvgIpc) is 3.00. The molecule has 8 heteroatoms. The third-order valence-electron chi connectivity index (χ3n) is 4.25. The zero-order chi connectivity index (χ0) is 17.0. The lowest BCUT2D eigenvalue weighted by Gasteiger charge is -2.22. The minimum Gasteiger partial charge on any atom is -0.379 e. The number of hydrogen-bond acceptors (Lipinski definition) is 5. The molecule has 2 atom stereocenters. The van der Waals surface area contributed by atoms with E-state index in [1.165, 1.54) is 0 Å². The second-order valence-corrected chi connectivity index (χ2v) is 8.80. The van der Waals surface area contributed by atoms with Gasteiger partial charge in [0.1, 0.15) is 0 Å². The van der Waals surface area contributed by atoms with Gasteiger partial charge in [-0.2, -0.15) is 0 Å². The lowest BCUT2D eigenvalue weighted by Crippen LogP contribution is -2.39. The highest BCUT2D eigenvalue weighted by atomic mass is 32.2. The van der Waals surface area contributed by atoms with E-state index in [0.29, 0.717) is 26.1 Å². The van der Waals surface area contributed by atoms with Gasteiger partial charge in [0.2, 0.25) is 11.8 Å². The highest BCUT2D eigenvalue weighted by Gasteiger charge is 2.41. The van der Waals surface area contributed by atoms with Gasteiger partial charge in [0.05, 0.1) is 23.5 Å². The molecule has 0 aromatic heterocycles. The van der Waals surface area contributed by atoms with Crippen molar-refractivity contribution in [3.63, 3.8) is 0 Å². The van der Waals surface area contributed by atoms with Crippen LogP contribution in [0.15, 0.2) is 0 Å². The Morgan fingerprint density at radius 1 is 1.43 bits per heavy atom. The molecule has 0 aromatic carbocycles. The Hall–Kier alpha value is -1.15. The molecule has 2 amide bonds. The van der Waals surface area contributed by atoms with E-state index < -0.39 is 9.84 Å². The highest BCUT2D eigenvalue weighted by Crippen LogP contribution is 2.26. The molecule has 0 bridgehead atoms. The zero-order valence-electron chi connectivity index (χ0n) is 13.8. The first-order valence-electron chi connectivity index (χ1n) is 8.17. The van der Waals surface area contributed by atoms with Gasteiger partial charge in [-0.1, -0.05) is 0 Å². The van der Waals surface area contributed by atoms with Crippen molar-refractivity contribution in [1.29, 1.82) is 0 Å². The fraction of sp³-hybridized carbons (Fsp3) is 0.867. The fourth-order valence-corrected chi connectivity index (χ4v) is 4.76. The van der Waals surface area contributed by atoms with Crippen LogP contribution >= 0.6 is 0 Å². The number of ether oxygens (including phenoxy) is 1. The van der Waals surface area contributed by atoms with Crippen LogP contribution < -0.4 is 5.32 Å². The molecule has 7 nitrogen and oxygen atoms in total. The fourth-order valence-electron chi connectivity index (χ4n) is 3.03. The van der Waals surface area contributed by atoms with E-state index in [1.807, 2.05) is 13.8 Å². The Morgan fingerprint density at radius 2 is 2.17 bits per heavy atom. The summed E-state index contributed by atoms with van der Waals surface area (Å²) in [5, 5.41) is 2.83. The summed E-state index contributed by atoms with van der Waals surface area (Å²) >= 11 is 0. The minimum atomic E-state index is -3.03. The van der Waals surface area contributed by atoms with Gasteiger partial charge in [-0.3, -0.25) is 9.59 Å². The van der Waals surface area contributed by atoms with Gasteiger partial charge >= 0.3 is 0 Å². The van der Waals surface area contributed by atoms with Gasteiger partial charge in [0, 0.05) is 32.2 Å². The van der Waals surface area contributed by atoms with Gasteiger partial charge < -0.3 is 15.0 Å². The van der Waals surface area contributed by atoms with Crippen LogP contribution in [0.5, 0.6) is 0 Å². The third-order valence-corrected chi connectivity index (χ3v) is 6.00. The SMILES string of the molecule is CC(C)OCCCNC(=O)[C@H]1CC(=O)N([C@@H]2CCS(=O)(=O)C2)C1. The van der Waals surface area contributed by atoms with Crippen LogP contribution in [0, 0.1) is 5.92 Å². The molecule has 0 spiro atoms. The summed E-state index contributed by atoms with van der Waals surface area (Å²) in [7, 11) is -3.03. The predicted octanol–water partition coefficient (Wildman–Crippen LogP) is -0.0467. The maximum absolute atomic E-state index is 12.1. The standard InChI is InChI=1S/C15H26N2O5S/c1-11(2)22-6-3-5-16-15(19)12-8-14(18)17(9-12)13-4-7-23(20,21)10-13/h11-13H,3-10H2,1-2H3,(H,16,19)/t12-,13+/m0/s1. The number of carbonyl (C=O) groups is 2. The Balaban J connectivity index is 1.75. The van der Waals surface area contributed by atoms with Crippen LogP contribution in [-0.4, -0.2) is 68.5 Å². The molecule has 1 N–H and O–H groups in total. The van der Waals surface area contributed by atoms with E-state index in [1.54, 1.807) is 4.90 Å². The minimum absolute atomic E-state index is 0.0274. The van der Waals surface area contributed by atoms with Crippen molar-refractivity contribution in [3.8, 4) is 0 Å². The molecule has 2 fully saturated rings. The maximum atomic E-state index is 12.1. The smallest absolute Gasteiger partial charge is 0.225 e. The molecular weight excluding hydrogens is 320 g/mol. The summed E-state index contributed by atoms with van der Waals surface area (Å²) in [5.41, 5.74) is 0. The van der Waals surface area contributed by atoms with Crippen molar-refractivity contribution in [2.45, 2.75) is 45.3 Å². The number of nitrogens with one attached hydrogen (secondary N) is 1.